The van der Waals surface area contributed by atoms with Crippen molar-refractivity contribution in [3.63, 3.8) is 0 Å². The lowest BCUT2D eigenvalue weighted by molar-refractivity contribution is -0.307. The van der Waals surface area contributed by atoms with E-state index >= 15 is 0 Å². The normalized spacial score (nSPS) is 41.3. The Hall–Kier alpha value is -4.20. The van der Waals surface area contributed by atoms with E-state index in [1.54, 1.807) is 44.2 Å². The number of hydrogen-bond donors (Lipinski definition) is 12. The van der Waals surface area contributed by atoms with E-state index < -0.39 is 165 Å². The van der Waals surface area contributed by atoms with Crippen molar-refractivity contribution in [3.8, 4) is 0 Å². The Morgan fingerprint density at radius 1 is 0.712 bits per heavy atom. The van der Waals surface area contributed by atoms with Crippen molar-refractivity contribution in [2.24, 2.45) is 17.8 Å². The van der Waals surface area contributed by atoms with Crippen LogP contribution in [0.1, 0.15) is 98.8 Å². The highest BCUT2D eigenvalue weighted by atomic mass is 16.7. The van der Waals surface area contributed by atoms with Crippen molar-refractivity contribution in [1.82, 2.24) is 10.6 Å². The average Bonchev–Trinajstić information content (AvgIpc) is 3.31. The lowest BCUT2D eigenvalue weighted by atomic mass is 9.82. The van der Waals surface area contributed by atoms with E-state index in [1.165, 1.54) is 19.9 Å². The fourth-order valence-corrected chi connectivity index (χ4v) is 8.87. The lowest BCUT2D eigenvalue weighted by Gasteiger charge is -2.46. The second-order valence-corrected chi connectivity index (χ2v) is 19.5. The maximum Gasteiger partial charge on any atom is 0.325 e. The number of allylic oxidation sites excluding steroid dienone is 10. The van der Waals surface area contributed by atoms with Gasteiger partial charge in [-0.05, 0) is 46.0 Å². The van der Waals surface area contributed by atoms with Crippen molar-refractivity contribution in [2.75, 3.05) is 13.7 Å². The molecule has 2 fully saturated rings. The molecule has 0 unspecified atom stereocenters. The minimum atomic E-state index is -2.37. The van der Waals surface area contributed by atoms with Crippen molar-refractivity contribution < 1.29 is 93.9 Å². The zero-order valence-electron chi connectivity index (χ0n) is 42.7. The smallest absolute Gasteiger partial charge is 0.325 e. The van der Waals surface area contributed by atoms with Gasteiger partial charge >= 0.3 is 11.9 Å². The number of aliphatic hydroxyl groups excluding tert-OH is 9. The van der Waals surface area contributed by atoms with Crippen molar-refractivity contribution in [3.05, 3.63) is 72.9 Å². The SMILES string of the molecule is COC(=O)CNC(=O)[C@H]1[C@@H]2C[C@@H](O[C@@H]3O[C@H](C)[C@@H](O)[C@H](NC(C)=O)[C@@H]3O)/C=C/C=C/C=C/C=C/CC/C=C/C=C/[C@H](C)[C@@H](O)[C@@H](C)[C@H](C)OC(=O)C[C@H](O)C[C@H](O)CC[C@@H](O)[C@H](O)C[C@H](O)C[C@@](O)(C[C@@H]1O)O2. The molecule has 3 aliphatic rings. The summed E-state index contributed by atoms with van der Waals surface area (Å²) >= 11 is 0. The Bertz CT molecular complexity index is 1890. The lowest BCUT2D eigenvalue weighted by Crippen LogP contribution is -2.64. The summed E-state index contributed by atoms with van der Waals surface area (Å²) in [7, 11) is 1.11. The number of aliphatic hydroxyl groups is 10. The van der Waals surface area contributed by atoms with Gasteiger partial charge in [-0.3, -0.25) is 19.2 Å². The molecule has 2 amide bonds. The number of esters is 2. The number of rotatable bonds is 6. The average molecular weight is 1040 g/mol. The fourth-order valence-electron chi connectivity index (χ4n) is 8.87. The predicted octanol–water partition coefficient (Wildman–Crippen LogP) is 0.318. The highest BCUT2D eigenvalue weighted by molar-refractivity contribution is 5.84. The Morgan fingerprint density at radius 2 is 1.34 bits per heavy atom. The summed E-state index contributed by atoms with van der Waals surface area (Å²) in [4.78, 5) is 50.4. The molecule has 12 N–H and O–H groups in total. The number of methoxy groups -OCH3 is 1. The first kappa shape index (κ1) is 63.1. The molecular weight excluding hydrogens is 957 g/mol. The maximum atomic E-state index is 13.7. The number of nitrogens with one attached hydrogen (secondary N) is 2. The molecule has 0 radical (unpaired) electrons. The van der Waals surface area contributed by atoms with Crippen LogP contribution in [-0.2, 0) is 42.9 Å². The van der Waals surface area contributed by atoms with Gasteiger partial charge in [0.1, 0.15) is 24.9 Å². The number of amides is 2. The standard InChI is InChI=1S/C52H82N2O19/c1-30-19-17-15-13-11-9-7-8-10-12-14-16-18-20-38(72-51-49(66)46(54-34(5)55)48(65)33(4)71-51)26-42-45(50(67)53-29-44(63)69-6)41(61)28-52(68,73-42)27-37(58)24-40(60)39(59)22-21-35(56)23-36(57)25-43(62)70-32(3)31(2)47(30)64/h7-8,10,12-20,30-33,35-42,45-49,51,56-61,64-66,68H,9,11,21-29H2,1-6H3,(H,53,67)(H,54,55)/b8-7+,12-10+,15-13+,16-14+,19-17+,20-18+/t30-,31-,32-,33+,35+,36+,37-,38-,39+,40+,41-,42-,45+,46-,47+,48+,49-,51-,52-/m0/s1. The van der Waals surface area contributed by atoms with Gasteiger partial charge in [0, 0.05) is 44.4 Å². The molecule has 0 aromatic heterocycles. The molecule has 21 nitrogen and oxygen atoms in total. The fraction of sp³-hybridized carbons (Fsp3) is 0.692. The highest BCUT2D eigenvalue weighted by Crippen LogP contribution is 2.38. The Labute approximate surface area is 427 Å². The zero-order chi connectivity index (χ0) is 54.4. The van der Waals surface area contributed by atoms with Gasteiger partial charge in [0.15, 0.2) is 12.1 Å². The van der Waals surface area contributed by atoms with Crippen LogP contribution in [0.15, 0.2) is 72.9 Å². The molecule has 2 bridgehead atoms. The van der Waals surface area contributed by atoms with Crippen LogP contribution in [0, 0.1) is 17.8 Å². The van der Waals surface area contributed by atoms with Crippen LogP contribution in [0.5, 0.6) is 0 Å². The van der Waals surface area contributed by atoms with E-state index in [0.29, 0.717) is 0 Å². The van der Waals surface area contributed by atoms with Crippen LogP contribution >= 0.6 is 0 Å². The molecule has 0 aromatic rings. The van der Waals surface area contributed by atoms with E-state index in [1.807, 2.05) is 43.4 Å². The predicted molar refractivity (Wildman–Crippen MR) is 264 cm³/mol. The molecule has 3 rings (SSSR count). The van der Waals surface area contributed by atoms with Gasteiger partial charge in [0.05, 0.1) is 86.5 Å². The molecule has 21 heteroatoms. The summed E-state index contributed by atoms with van der Waals surface area (Å²) in [6.45, 7) is 7.36. The summed E-state index contributed by atoms with van der Waals surface area (Å²) in [5.41, 5.74) is 0. The third-order valence-corrected chi connectivity index (χ3v) is 13.2. The van der Waals surface area contributed by atoms with Gasteiger partial charge in [-0.25, -0.2) is 0 Å². The molecular formula is C52H82N2O19. The molecule has 3 aliphatic heterocycles. The third kappa shape index (κ3) is 21.9. The molecule has 0 saturated carbocycles. The number of hydrogen-bond acceptors (Lipinski definition) is 19. The first-order chi connectivity index (χ1) is 34.4. The Morgan fingerprint density at radius 3 is 2.00 bits per heavy atom. The monoisotopic (exact) mass is 1040 g/mol. The van der Waals surface area contributed by atoms with Crippen molar-refractivity contribution in [1.29, 1.82) is 0 Å². The van der Waals surface area contributed by atoms with Gasteiger partial charge in [0.2, 0.25) is 11.8 Å². The summed E-state index contributed by atoms with van der Waals surface area (Å²) in [6.07, 6.45) is 1.12. The Kier molecular flexibility index (Phi) is 27.3. The van der Waals surface area contributed by atoms with Crippen LogP contribution in [0.25, 0.3) is 0 Å². The molecule has 73 heavy (non-hydrogen) atoms. The Balaban J connectivity index is 1.95. The molecule has 414 valence electrons. The van der Waals surface area contributed by atoms with Crippen molar-refractivity contribution >= 4 is 23.8 Å². The minimum absolute atomic E-state index is 0.126. The van der Waals surface area contributed by atoms with Crippen LogP contribution in [-0.4, -0.2) is 186 Å². The topological polar surface area (TPSA) is 341 Å². The van der Waals surface area contributed by atoms with E-state index in [2.05, 4.69) is 15.4 Å². The summed E-state index contributed by atoms with van der Waals surface area (Å²) < 4.78 is 28.3. The largest absolute Gasteiger partial charge is 0.468 e. The van der Waals surface area contributed by atoms with E-state index in [-0.39, 0.29) is 31.6 Å². The van der Waals surface area contributed by atoms with Crippen LogP contribution in [0.3, 0.4) is 0 Å². The van der Waals surface area contributed by atoms with E-state index in [0.717, 1.165) is 20.0 Å². The molecule has 0 aliphatic carbocycles. The number of carbonyl (C=O) groups is 4. The summed E-state index contributed by atoms with van der Waals surface area (Å²) in [5.74, 6) is -7.55. The van der Waals surface area contributed by atoms with Crippen LogP contribution in [0.2, 0.25) is 0 Å². The minimum Gasteiger partial charge on any atom is -0.468 e. The molecule has 0 aromatic carbocycles. The molecule has 0 spiro atoms. The first-order valence-electron chi connectivity index (χ1n) is 25.1. The van der Waals surface area contributed by atoms with Crippen LogP contribution < -0.4 is 10.6 Å². The van der Waals surface area contributed by atoms with Gasteiger partial charge in [0.25, 0.3) is 0 Å². The van der Waals surface area contributed by atoms with Gasteiger partial charge in [-0.2, -0.15) is 0 Å². The second-order valence-electron chi connectivity index (χ2n) is 19.5. The molecule has 3 heterocycles. The van der Waals surface area contributed by atoms with E-state index in [9.17, 15) is 70.2 Å². The van der Waals surface area contributed by atoms with Crippen LogP contribution in [0.4, 0.5) is 0 Å². The summed E-state index contributed by atoms with van der Waals surface area (Å²) in [5, 5.41) is 115. The zero-order valence-corrected chi connectivity index (χ0v) is 42.7. The van der Waals surface area contributed by atoms with Gasteiger partial charge < -0.3 is 85.4 Å². The first-order valence-corrected chi connectivity index (χ1v) is 25.1. The number of ether oxygens (including phenoxy) is 5. The molecule has 2 saturated heterocycles. The summed E-state index contributed by atoms with van der Waals surface area (Å²) in [6, 6.07) is -1.22. The van der Waals surface area contributed by atoms with E-state index in [4.69, 9.17) is 18.9 Å². The number of fused-ring (bicyclic) bond motifs is 2. The molecule has 19 atom stereocenters. The van der Waals surface area contributed by atoms with Gasteiger partial charge in [-0.15, -0.1) is 0 Å². The third-order valence-electron chi connectivity index (χ3n) is 13.2. The highest BCUT2D eigenvalue weighted by Gasteiger charge is 2.51. The number of cyclic esters (lactones) is 1. The quantitative estimate of drug-likeness (QED) is 0.159. The second kappa shape index (κ2) is 31.6. The van der Waals surface area contributed by atoms with Gasteiger partial charge in [-0.1, -0.05) is 86.8 Å². The van der Waals surface area contributed by atoms with Crippen molar-refractivity contribution in [2.45, 2.75) is 196 Å². The maximum absolute atomic E-state index is 13.7. The number of carbonyl (C=O) groups excluding carboxylic acids is 4.